The first-order valence-corrected chi connectivity index (χ1v) is 5.64. The van der Waals surface area contributed by atoms with Gasteiger partial charge in [0, 0.05) is 6.42 Å². The molecule has 1 aliphatic carbocycles. The highest BCUT2D eigenvalue weighted by Crippen LogP contribution is 2.30. The number of Topliss-reactive ketones (excluding diaryl/α,β-unsaturated/α-hetero) is 1. The first kappa shape index (κ1) is 10.2. The molecule has 0 aromatic heterocycles. The Bertz CT molecular complexity index is 198. The van der Waals surface area contributed by atoms with E-state index in [1.807, 2.05) is 0 Å². The number of carbonyl (C=O) groups is 1. The van der Waals surface area contributed by atoms with Crippen LogP contribution in [-0.2, 0) is 4.79 Å². The Morgan fingerprint density at radius 1 is 1.33 bits per heavy atom. The Morgan fingerprint density at radius 2 is 1.92 bits per heavy atom. The van der Waals surface area contributed by atoms with Crippen LogP contribution >= 0.6 is 22.6 Å². The summed E-state index contributed by atoms with van der Waals surface area (Å²) in [6.45, 7) is 1.67. The Hall–Kier alpha value is 0.140. The molecule has 1 rings (SSSR count). The lowest BCUT2D eigenvalue weighted by molar-refractivity contribution is -0.116. The smallest absolute Gasteiger partial charge is 0.134 e. The van der Waals surface area contributed by atoms with Gasteiger partial charge in [0.1, 0.15) is 5.78 Å². The fourth-order valence-corrected chi connectivity index (χ4v) is 2.67. The van der Waals surface area contributed by atoms with Gasteiger partial charge in [0.05, 0.1) is 0 Å². The molecule has 0 amide bonds. The Kier molecular flexibility index (Phi) is 4.26. The number of ketones is 1. The molecule has 0 bridgehead atoms. The van der Waals surface area contributed by atoms with Crippen LogP contribution in [0, 0.1) is 0 Å². The molecule has 1 saturated carbocycles. The molecule has 0 radical (unpaired) electrons. The third kappa shape index (κ3) is 3.25. The molecule has 1 aliphatic rings. The predicted molar refractivity (Wildman–Crippen MR) is 59.4 cm³/mol. The van der Waals surface area contributed by atoms with E-state index in [0.717, 1.165) is 0 Å². The van der Waals surface area contributed by atoms with Gasteiger partial charge in [0.2, 0.25) is 0 Å². The molecule has 12 heavy (non-hydrogen) atoms. The molecule has 1 nitrogen and oxygen atoms in total. The SMILES string of the molecule is CC(=O)CC(I)=C1CCCCC1. The summed E-state index contributed by atoms with van der Waals surface area (Å²) in [6.07, 6.45) is 7.12. The molecule has 0 aromatic rings. The van der Waals surface area contributed by atoms with Gasteiger partial charge in [-0.05, 0) is 58.8 Å². The fraction of sp³-hybridized carbons (Fsp3) is 0.700. The maximum Gasteiger partial charge on any atom is 0.134 e. The highest BCUT2D eigenvalue weighted by atomic mass is 127. The molecule has 68 valence electrons. The average molecular weight is 278 g/mol. The van der Waals surface area contributed by atoms with E-state index in [0.29, 0.717) is 6.42 Å². The molecule has 0 unspecified atom stereocenters. The number of carbonyl (C=O) groups excluding carboxylic acids is 1. The molecule has 0 aromatic carbocycles. The second-order valence-corrected chi connectivity index (χ2v) is 4.75. The van der Waals surface area contributed by atoms with Crippen molar-refractivity contribution in [1.82, 2.24) is 0 Å². The highest BCUT2D eigenvalue weighted by molar-refractivity contribution is 14.1. The zero-order valence-corrected chi connectivity index (χ0v) is 9.69. The van der Waals surface area contributed by atoms with E-state index in [1.54, 1.807) is 6.92 Å². The number of rotatable bonds is 2. The van der Waals surface area contributed by atoms with E-state index in [-0.39, 0.29) is 5.78 Å². The number of hydrogen-bond acceptors (Lipinski definition) is 1. The van der Waals surface area contributed by atoms with Crippen LogP contribution in [0.2, 0.25) is 0 Å². The highest BCUT2D eigenvalue weighted by Gasteiger charge is 2.10. The topological polar surface area (TPSA) is 17.1 Å². The van der Waals surface area contributed by atoms with Gasteiger partial charge in [-0.3, -0.25) is 4.79 Å². The van der Waals surface area contributed by atoms with Gasteiger partial charge in [0.25, 0.3) is 0 Å². The first-order valence-electron chi connectivity index (χ1n) is 4.56. The van der Waals surface area contributed by atoms with Crippen molar-refractivity contribution in [3.05, 3.63) is 9.15 Å². The molecule has 0 spiro atoms. The van der Waals surface area contributed by atoms with Crippen molar-refractivity contribution in [2.45, 2.75) is 45.4 Å². The van der Waals surface area contributed by atoms with Crippen molar-refractivity contribution in [3.63, 3.8) is 0 Å². The Labute approximate surface area is 87.8 Å². The Balaban J connectivity index is 2.54. The summed E-state index contributed by atoms with van der Waals surface area (Å²) in [4.78, 5) is 10.9. The standard InChI is InChI=1S/C10H15IO/c1-8(12)7-10(11)9-5-3-2-4-6-9/h2-7H2,1H3. The van der Waals surface area contributed by atoms with E-state index < -0.39 is 0 Å². The van der Waals surface area contributed by atoms with Gasteiger partial charge in [-0.1, -0.05) is 12.0 Å². The quantitative estimate of drug-likeness (QED) is 0.705. The molecule has 0 saturated heterocycles. The monoisotopic (exact) mass is 278 g/mol. The second kappa shape index (κ2) is 5.00. The van der Waals surface area contributed by atoms with E-state index in [1.165, 1.54) is 41.3 Å². The third-order valence-electron chi connectivity index (χ3n) is 2.24. The van der Waals surface area contributed by atoms with Crippen LogP contribution in [0.4, 0.5) is 0 Å². The van der Waals surface area contributed by atoms with E-state index >= 15 is 0 Å². The third-order valence-corrected chi connectivity index (χ3v) is 3.39. The summed E-state index contributed by atoms with van der Waals surface area (Å²) in [7, 11) is 0. The van der Waals surface area contributed by atoms with Crippen molar-refractivity contribution in [1.29, 1.82) is 0 Å². The van der Waals surface area contributed by atoms with Gasteiger partial charge in [-0.15, -0.1) is 0 Å². The largest absolute Gasteiger partial charge is 0.300 e. The minimum Gasteiger partial charge on any atom is -0.300 e. The first-order chi connectivity index (χ1) is 5.70. The minimum atomic E-state index is 0.289. The van der Waals surface area contributed by atoms with Crippen LogP contribution in [0.5, 0.6) is 0 Å². The zero-order valence-electron chi connectivity index (χ0n) is 7.53. The van der Waals surface area contributed by atoms with E-state index in [9.17, 15) is 4.79 Å². The maximum atomic E-state index is 10.9. The molecule has 2 heteroatoms. The van der Waals surface area contributed by atoms with Crippen LogP contribution < -0.4 is 0 Å². The molecule has 1 fully saturated rings. The van der Waals surface area contributed by atoms with Gasteiger partial charge < -0.3 is 0 Å². The van der Waals surface area contributed by atoms with Crippen molar-refractivity contribution < 1.29 is 4.79 Å². The molecular formula is C10H15IO. The summed E-state index contributed by atoms with van der Waals surface area (Å²) in [6, 6.07) is 0. The lowest BCUT2D eigenvalue weighted by Crippen LogP contribution is -1.98. The summed E-state index contributed by atoms with van der Waals surface area (Å²) in [5.41, 5.74) is 1.54. The van der Waals surface area contributed by atoms with E-state index in [4.69, 9.17) is 0 Å². The van der Waals surface area contributed by atoms with Crippen LogP contribution in [0.3, 0.4) is 0 Å². The van der Waals surface area contributed by atoms with Crippen molar-refractivity contribution in [2.75, 3.05) is 0 Å². The molecule has 0 N–H and O–H groups in total. The Morgan fingerprint density at radius 3 is 2.42 bits per heavy atom. The zero-order chi connectivity index (χ0) is 8.97. The lowest BCUT2D eigenvalue weighted by Gasteiger charge is -2.15. The number of halogens is 1. The van der Waals surface area contributed by atoms with Crippen LogP contribution in [0.1, 0.15) is 45.4 Å². The van der Waals surface area contributed by atoms with Gasteiger partial charge in [0.15, 0.2) is 0 Å². The average Bonchev–Trinajstić information content (AvgIpc) is 2.05. The van der Waals surface area contributed by atoms with Crippen molar-refractivity contribution >= 4 is 28.4 Å². The van der Waals surface area contributed by atoms with Crippen molar-refractivity contribution in [3.8, 4) is 0 Å². The molecular weight excluding hydrogens is 263 g/mol. The second-order valence-electron chi connectivity index (χ2n) is 3.45. The number of hydrogen-bond donors (Lipinski definition) is 0. The van der Waals surface area contributed by atoms with Crippen LogP contribution in [-0.4, -0.2) is 5.78 Å². The maximum absolute atomic E-state index is 10.9. The lowest BCUT2D eigenvalue weighted by atomic mass is 9.94. The van der Waals surface area contributed by atoms with E-state index in [2.05, 4.69) is 22.6 Å². The predicted octanol–water partition coefficient (Wildman–Crippen LogP) is 3.62. The van der Waals surface area contributed by atoms with Crippen LogP contribution in [0.25, 0.3) is 0 Å². The summed E-state index contributed by atoms with van der Waals surface area (Å²) in [5.74, 6) is 0.289. The van der Waals surface area contributed by atoms with Gasteiger partial charge in [-0.2, -0.15) is 0 Å². The fourth-order valence-electron chi connectivity index (χ4n) is 1.59. The summed E-state index contributed by atoms with van der Waals surface area (Å²) < 4.78 is 1.31. The molecule has 0 heterocycles. The van der Waals surface area contributed by atoms with Crippen molar-refractivity contribution in [2.24, 2.45) is 0 Å². The minimum absolute atomic E-state index is 0.289. The van der Waals surface area contributed by atoms with Gasteiger partial charge in [-0.25, -0.2) is 0 Å². The summed E-state index contributed by atoms with van der Waals surface area (Å²) in [5, 5.41) is 0. The molecule has 0 aliphatic heterocycles. The summed E-state index contributed by atoms with van der Waals surface area (Å²) >= 11 is 2.33. The molecule has 0 atom stereocenters. The van der Waals surface area contributed by atoms with Gasteiger partial charge >= 0.3 is 0 Å². The number of allylic oxidation sites excluding steroid dienone is 2. The normalized spacial score (nSPS) is 17.7. The van der Waals surface area contributed by atoms with Crippen LogP contribution in [0.15, 0.2) is 9.15 Å².